The highest BCUT2D eigenvalue weighted by atomic mass is 16.1. The summed E-state index contributed by atoms with van der Waals surface area (Å²) in [6, 6.07) is 13.7. The van der Waals surface area contributed by atoms with Gasteiger partial charge in [-0.15, -0.1) is 0 Å². The number of piperazine rings is 1. The van der Waals surface area contributed by atoms with Crippen LogP contribution in [0.25, 0.3) is 22.3 Å². The number of fused-ring (bicyclic) bond motifs is 1. The molecule has 0 bridgehead atoms. The third kappa shape index (κ3) is 6.28. The van der Waals surface area contributed by atoms with Gasteiger partial charge in [0.1, 0.15) is 11.2 Å². The molecule has 1 amide bonds. The minimum Gasteiger partial charge on any atom is -0.369 e. The lowest BCUT2D eigenvalue weighted by Crippen LogP contribution is -2.43. The van der Waals surface area contributed by atoms with Crippen molar-refractivity contribution in [1.29, 1.82) is 0 Å². The smallest absolute Gasteiger partial charge is 0.248 e. The number of benzene rings is 1. The van der Waals surface area contributed by atoms with Crippen molar-refractivity contribution >= 4 is 39.8 Å². The first-order chi connectivity index (χ1) is 18.5. The van der Waals surface area contributed by atoms with E-state index < -0.39 is 0 Å². The van der Waals surface area contributed by atoms with E-state index in [0.717, 1.165) is 37.3 Å². The molecule has 10 heteroatoms. The average Bonchev–Trinajstić information content (AvgIpc) is 2.93. The first-order valence-corrected chi connectivity index (χ1v) is 12.6. The molecular formula is C28H31N9O. The Kier molecular flexibility index (Phi) is 7.81. The van der Waals surface area contributed by atoms with Gasteiger partial charge in [0.15, 0.2) is 0 Å². The van der Waals surface area contributed by atoms with Gasteiger partial charge < -0.3 is 25.8 Å². The SMILES string of the molecule is CN(C)CC=CC(=O)Nc1ccnc(-c2nccc3cnc(Nc4ccc(N5CCNCC5)cc4)nc23)c1. The fraction of sp³-hybridized carbons (Fsp3) is 0.250. The number of rotatable bonds is 8. The molecule has 1 aromatic carbocycles. The number of carbonyl (C=O) groups excluding carboxylic acids is 1. The zero-order valence-electron chi connectivity index (χ0n) is 21.6. The third-order valence-electron chi connectivity index (χ3n) is 6.11. The fourth-order valence-corrected chi connectivity index (χ4v) is 4.20. The summed E-state index contributed by atoms with van der Waals surface area (Å²) < 4.78 is 0. The van der Waals surface area contributed by atoms with E-state index in [0.29, 0.717) is 35.1 Å². The number of hydrogen-bond acceptors (Lipinski definition) is 9. The van der Waals surface area contributed by atoms with Crippen molar-refractivity contribution in [3.8, 4) is 11.4 Å². The summed E-state index contributed by atoms with van der Waals surface area (Å²) in [7, 11) is 3.90. The highest BCUT2D eigenvalue weighted by Crippen LogP contribution is 2.27. The number of carbonyl (C=O) groups is 1. The highest BCUT2D eigenvalue weighted by Gasteiger charge is 2.13. The molecule has 3 aromatic heterocycles. The minimum atomic E-state index is -0.202. The van der Waals surface area contributed by atoms with E-state index >= 15 is 0 Å². The second kappa shape index (κ2) is 11.8. The summed E-state index contributed by atoms with van der Waals surface area (Å²) >= 11 is 0. The van der Waals surface area contributed by atoms with Gasteiger partial charge in [-0.05, 0) is 56.6 Å². The van der Waals surface area contributed by atoms with Crippen molar-refractivity contribution in [3.63, 3.8) is 0 Å². The molecule has 0 unspecified atom stereocenters. The quantitative estimate of drug-likeness (QED) is 0.308. The molecule has 1 fully saturated rings. The normalized spacial score (nSPS) is 13.8. The second-order valence-corrected chi connectivity index (χ2v) is 9.28. The Morgan fingerprint density at radius 2 is 1.82 bits per heavy atom. The molecule has 0 aliphatic carbocycles. The number of nitrogens with one attached hydrogen (secondary N) is 3. The van der Waals surface area contributed by atoms with E-state index in [2.05, 4.69) is 47.9 Å². The van der Waals surface area contributed by atoms with Gasteiger partial charge in [0.2, 0.25) is 11.9 Å². The van der Waals surface area contributed by atoms with Crippen LogP contribution in [0.15, 0.2) is 73.2 Å². The van der Waals surface area contributed by atoms with Gasteiger partial charge in [0, 0.05) is 79.8 Å². The van der Waals surface area contributed by atoms with E-state index in [1.54, 1.807) is 30.7 Å². The van der Waals surface area contributed by atoms with Crippen molar-refractivity contribution in [2.45, 2.75) is 0 Å². The van der Waals surface area contributed by atoms with Crippen LogP contribution in [-0.2, 0) is 4.79 Å². The van der Waals surface area contributed by atoms with Crippen molar-refractivity contribution < 1.29 is 4.79 Å². The molecule has 0 radical (unpaired) electrons. The topological polar surface area (TPSA) is 111 Å². The van der Waals surface area contributed by atoms with Crippen molar-refractivity contribution in [3.05, 3.63) is 73.2 Å². The Bertz CT molecular complexity index is 1430. The molecule has 3 N–H and O–H groups in total. The summed E-state index contributed by atoms with van der Waals surface area (Å²) in [6.45, 7) is 4.69. The summed E-state index contributed by atoms with van der Waals surface area (Å²) in [5.74, 6) is 0.267. The summed E-state index contributed by atoms with van der Waals surface area (Å²) in [5.41, 5.74) is 4.62. The van der Waals surface area contributed by atoms with Crippen LogP contribution in [0.2, 0.25) is 0 Å². The maximum atomic E-state index is 12.3. The van der Waals surface area contributed by atoms with Crippen LogP contribution in [0, 0.1) is 0 Å². The lowest BCUT2D eigenvalue weighted by atomic mass is 10.1. The molecule has 194 valence electrons. The molecular weight excluding hydrogens is 478 g/mol. The van der Waals surface area contributed by atoms with Gasteiger partial charge in [-0.3, -0.25) is 14.8 Å². The molecule has 0 atom stereocenters. The Labute approximate surface area is 221 Å². The van der Waals surface area contributed by atoms with E-state index in [-0.39, 0.29) is 5.91 Å². The average molecular weight is 510 g/mol. The van der Waals surface area contributed by atoms with Gasteiger partial charge in [0.05, 0.1) is 5.69 Å². The van der Waals surface area contributed by atoms with Crippen LogP contribution >= 0.6 is 0 Å². The molecule has 10 nitrogen and oxygen atoms in total. The maximum absolute atomic E-state index is 12.3. The van der Waals surface area contributed by atoms with Gasteiger partial charge >= 0.3 is 0 Å². The molecule has 1 aliphatic heterocycles. The Hall–Kier alpha value is -4.41. The van der Waals surface area contributed by atoms with E-state index in [4.69, 9.17) is 4.98 Å². The number of nitrogens with zero attached hydrogens (tertiary/aromatic N) is 6. The minimum absolute atomic E-state index is 0.202. The van der Waals surface area contributed by atoms with Crippen LogP contribution < -0.4 is 20.9 Å². The van der Waals surface area contributed by atoms with Crippen molar-refractivity contribution in [1.82, 2.24) is 30.2 Å². The van der Waals surface area contributed by atoms with Crippen molar-refractivity contribution in [2.75, 3.05) is 62.4 Å². The van der Waals surface area contributed by atoms with E-state index in [9.17, 15) is 4.79 Å². The Morgan fingerprint density at radius 3 is 2.61 bits per heavy atom. The predicted molar refractivity (Wildman–Crippen MR) is 152 cm³/mol. The van der Waals surface area contributed by atoms with E-state index in [1.165, 1.54) is 11.8 Å². The summed E-state index contributed by atoms with van der Waals surface area (Å²) in [5, 5.41) is 10.4. The number of aromatic nitrogens is 4. The molecule has 38 heavy (non-hydrogen) atoms. The first kappa shape index (κ1) is 25.2. The molecule has 4 heterocycles. The summed E-state index contributed by atoms with van der Waals surface area (Å²) in [6.07, 6.45) is 8.47. The van der Waals surface area contributed by atoms with Gasteiger partial charge in [-0.2, -0.15) is 0 Å². The zero-order chi connectivity index (χ0) is 26.3. The van der Waals surface area contributed by atoms with Crippen LogP contribution in [-0.4, -0.2) is 77.6 Å². The number of likely N-dealkylation sites (N-methyl/N-ethyl adjacent to an activating group) is 1. The predicted octanol–water partition coefficient (Wildman–Crippen LogP) is 3.30. The molecule has 1 aliphatic rings. The molecule has 0 spiro atoms. The number of amides is 1. The second-order valence-electron chi connectivity index (χ2n) is 9.28. The van der Waals surface area contributed by atoms with Crippen LogP contribution in [0.3, 0.4) is 0 Å². The van der Waals surface area contributed by atoms with Gasteiger partial charge in [-0.25, -0.2) is 9.97 Å². The van der Waals surface area contributed by atoms with Gasteiger partial charge in [0.25, 0.3) is 0 Å². The molecule has 0 saturated carbocycles. The Balaban J connectivity index is 1.35. The zero-order valence-corrected chi connectivity index (χ0v) is 21.6. The van der Waals surface area contributed by atoms with Crippen LogP contribution in [0.1, 0.15) is 0 Å². The largest absolute Gasteiger partial charge is 0.369 e. The van der Waals surface area contributed by atoms with Crippen LogP contribution in [0.5, 0.6) is 0 Å². The standard InChI is InChI=1S/C28H31N9O/c1-36(2)15-3-4-25(38)33-22-10-12-30-24(18-22)27-26-20(9-11-31-27)19-32-28(35-26)34-21-5-7-23(8-6-21)37-16-13-29-14-17-37/h3-12,18-19,29H,13-17H2,1-2H3,(H,30,33,38)(H,32,34,35). The lowest BCUT2D eigenvalue weighted by Gasteiger charge is -2.29. The first-order valence-electron chi connectivity index (χ1n) is 12.6. The maximum Gasteiger partial charge on any atom is 0.248 e. The van der Waals surface area contributed by atoms with Crippen molar-refractivity contribution in [2.24, 2.45) is 0 Å². The number of hydrogen-bond donors (Lipinski definition) is 3. The Morgan fingerprint density at radius 1 is 1.03 bits per heavy atom. The fourth-order valence-electron chi connectivity index (χ4n) is 4.20. The van der Waals surface area contributed by atoms with Crippen LogP contribution in [0.4, 0.5) is 23.0 Å². The highest BCUT2D eigenvalue weighted by molar-refractivity contribution is 6.00. The third-order valence-corrected chi connectivity index (χ3v) is 6.11. The monoisotopic (exact) mass is 509 g/mol. The van der Waals surface area contributed by atoms with E-state index in [1.807, 2.05) is 43.3 Å². The molecule has 5 rings (SSSR count). The molecule has 1 saturated heterocycles. The molecule has 4 aromatic rings. The number of anilines is 4. The lowest BCUT2D eigenvalue weighted by molar-refractivity contribution is -0.111. The van der Waals surface area contributed by atoms with Gasteiger partial charge in [-0.1, -0.05) is 6.08 Å². The number of pyridine rings is 2. The summed E-state index contributed by atoms with van der Waals surface area (Å²) in [4.78, 5) is 34.9.